The predicted molar refractivity (Wildman–Crippen MR) is 79.4 cm³/mol. The van der Waals surface area contributed by atoms with Crippen LogP contribution < -0.4 is 11.3 Å². The van der Waals surface area contributed by atoms with Crippen LogP contribution in [0.1, 0.15) is 22.9 Å². The molecular formula is C15H14ClN3O. The van der Waals surface area contributed by atoms with Gasteiger partial charge >= 0.3 is 0 Å². The van der Waals surface area contributed by atoms with Crippen molar-refractivity contribution in [3.05, 3.63) is 64.6 Å². The van der Waals surface area contributed by atoms with Gasteiger partial charge in [-0.1, -0.05) is 23.2 Å². The minimum Gasteiger partial charge on any atom is -0.459 e. The number of nitrogens with zero attached hydrogens (tertiary/aromatic N) is 1. The Morgan fingerprint density at radius 2 is 2.10 bits per heavy atom. The molecule has 0 aliphatic carbocycles. The summed E-state index contributed by atoms with van der Waals surface area (Å²) in [6.45, 7) is 2.05. The number of aromatic nitrogens is 1. The zero-order valence-electron chi connectivity index (χ0n) is 10.9. The summed E-state index contributed by atoms with van der Waals surface area (Å²) in [6, 6.07) is 11.4. The summed E-state index contributed by atoms with van der Waals surface area (Å²) in [6.07, 6.45) is 1.65. The molecule has 0 radical (unpaired) electrons. The number of nitrogens with two attached hydrogens (primary N) is 1. The second-order valence-corrected chi connectivity index (χ2v) is 5.09. The second kappa shape index (κ2) is 5.25. The number of pyridine rings is 1. The molecule has 1 atom stereocenters. The largest absolute Gasteiger partial charge is 0.459 e. The highest BCUT2D eigenvalue weighted by molar-refractivity contribution is 6.29. The van der Waals surface area contributed by atoms with E-state index in [1.54, 1.807) is 12.3 Å². The fourth-order valence-electron chi connectivity index (χ4n) is 2.27. The zero-order chi connectivity index (χ0) is 14.1. The molecule has 1 aromatic carbocycles. The highest BCUT2D eigenvalue weighted by Gasteiger charge is 2.17. The van der Waals surface area contributed by atoms with Gasteiger partial charge in [0.05, 0.1) is 0 Å². The second-order valence-electron chi connectivity index (χ2n) is 4.70. The monoisotopic (exact) mass is 287 g/mol. The van der Waals surface area contributed by atoms with Crippen LogP contribution in [0, 0.1) is 6.92 Å². The van der Waals surface area contributed by atoms with E-state index in [1.165, 1.54) is 5.56 Å². The minimum absolute atomic E-state index is 0.261. The number of hydrazine groups is 1. The molecule has 0 saturated carbocycles. The van der Waals surface area contributed by atoms with Crippen LogP contribution in [0.2, 0.25) is 5.15 Å². The molecule has 0 bridgehead atoms. The summed E-state index contributed by atoms with van der Waals surface area (Å²) in [4.78, 5) is 3.97. The van der Waals surface area contributed by atoms with Gasteiger partial charge in [-0.3, -0.25) is 5.84 Å². The standard InChI is InChI=1S/C15H14ClN3O/c1-9-2-3-12-11(6-9)7-13(20-12)15(19-17)10-4-5-18-14(16)8-10/h2-8,15,19H,17H2,1H3. The maximum atomic E-state index is 5.92. The van der Waals surface area contributed by atoms with Crippen molar-refractivity contribution in [1.29, 1.82) is 0 Å². The van der Waals surface area contributed by atoms with Gasteiger partial charge in [0.25, 0.3) is 0 Å². The van der Waals surface area contributed by atoms with Crippen LogP contribution in [0.3, 0.4) is 0 Å². The summed E-state index contributed by atoms with van der Waals surface area (Å²) in [7, 11) is 0. The average molecular weight is 288 g/mol. The quantitative estimate of drug-likeness (QED) is 0.440. The Morgan fingerprint density at radius 1 is 1.25 bits per heavy atom. The molecule has 0 amide bonds. The van der Waals surface area contributed by atoms with Gasteiger partial charge in [-0.15, -0.1) is 0 Å². The minimum atomic E-state index is -0.261. The smallest absolute Gasteiger partial charge is 0.134 e. The third kappa shape index (κ3) is 2.41. The van der Waals surface area contributed by atoms with Gasteiger partial charge in [0.2, 0.25) is 0 Å². The number of hydrogen-bond donors (Lipinski definition) is 2. The molecule has 3 N–H and O–H groups in total. The topological polar surface area (TPSA) is 64.1 Å². The molecular weight excluding hydrogens is 274 g/mol. The molecule has 0 aliphatic rings. The van der Waals surface area contributed by atoms with Gasteiger partial charge < -0.3 is 4.42 Å². The maximum absolute atomic E-state index is 5.92. The van der Waals surface area contributed by atoms with Crippen LogP contribution in [-0.2, 0) is 0 Å². The molecule has 0 saturated heterocycles. The summed E-state index contributed by atoms with van der Waals surface area (Å²) < 4.78 is 5.86. The Labute approximate surface area is 121 Å². The summed E-state index contributed by atoms with van der Waals surface area (Å²) in [5.41, 5.74) is 5.69. The Morgan fingerprint density at radius 3 is 2.85 bits per heavy atom. The van der Waals surface area contributed by atoms with Crippen molar-refractivity contribution in [1.82, 2.24) is 10.4 Å². The normalized spacial score (nSPS) is 12.8. The Bertz CT molecular complexity index is 754. The Kier molecular flexibility index (Phi) is 3.44. The lowest BCUT2D eigenvalue weighted by molar-refractivity contribution is 0.477. The first-order valence-electron chi connectivity index (χ1n) is 6.25. The first kappa shape index (κ1) is 13.1. The van der Waals surface area contributed by atoms with Crippen molar-refractivity contribution < 1.29 is 4.42 Å². The number of halogens is 1. The highest BCUT2D eigenvalue weighted by atomic mass is 35.5. The molecule has 102 valence electrons. The van der Waals surface area contributed by atoms with E-state index in [0.717, 1.165) is 22.3 Å². The lowest BCUT2D eigenvalue weighted by atomic mass is 10.1. The lowest BCUT2D eigenvalue weighted by Gasteiger charge is -2.13. The molecule has 0 spiro atoms. The number of rotatable bonds is 3. The van der Waals surface area contributed by atoms with Crippen LogP contribution in [0.25, 0.3) is 11.0 Å². The molecule has 3 rings (SSSR count). The predicted octanol–water partition coefficient (Wildman–Crippen LogP) is 3.34. The Hall–Kier alpha value is -1.88. The summed E-state index contributed by atoms with van der Waals surface area (Å²) in [5.74, 6) is 6.41. The summed E-state index contributed by atoms with van der Waals surface area (Å²) >= 11 is 5.92. The molecule has 0 fully saturated rings. The molecule has 2 aromatic heterocycles. The lowest BCUT2D eigenvalue weighted by Crippen LogP contribution is -2.28. The van der Waals surface area contributed by atoms with Gasteiger partial charge in [0.15, 0.2) is 0 Å². The van der Waals surface area contributed by atoms with Gasteiger partial charge in [-0.05, 0) is 42.8 Å². The van der Waals surface area contributed by atoms with E-state index in [2.05, 4.69) is 16.5 Å². The van der Waals surface area contributed by atoms with Crippen LogP contribution in [-0.4, -0.2) is 4.98 Å². The van der Waals surface area contributed by atoms with Crippen molar-refractivity contribution in [3.63, 3.8) is 0 Å². The molecule has 1 unspecified atom stereocenters. The molecule has 5 heteroatoms. The SMILES string of the molecule is Cc1ccc2oc(C(NN)c3ccnc(Cl)c3)cc2c1. The number of fused-ring (bicyclic) bond motifs is 1. The van der Waals surface area contributed by atoms with Crippen LogP contribution in [0.15, 0.2) is 47.0 Å². The third-order valence-electron chi connectivity index (χ3n) is 3.23. The third-order valence-corrected chi connectivity index (χ3v) is 3.43. The van der Waals surface area contributed by atoms with Gasteiger partial charge in [-0.25, -0.2) is 10.4 Å². The number of aryl methyl sites for hydroxylation is 1. The number of benzene rings is 1. The van der Waals surface area contributed by atoms with Gasteiger partial charge in [0, 0.05) is 11.6 Å². The van der Waals surface area contributed by atoms with E-state index in [9.17, 15) is 0 Å². The zero-order valence-corrected chi connectivity index (χ0v) is 11.7. The van der Waals surface area contributed by atoms with Crippen LogP contribution >= 0.6 is 11.6 Å². The first-order chi connectivity index (χ1) is 9.67. The molecule has 2 heterocycles. The molecule has 20 heavy (non-hydrogen) atoms. The number of furan rings is 1. The number of hydrogen-bond acceptors (Lipinski definition) is 4. The van der Waals surface area contributed by atoms with E-state index >= 15 is 0 Å². The van der Waals surface area contributed by atoms with Crippen LogP contribution in [0.4, 0.5) is 0 Å². The van der Waals surface area contributed by atoms with Crippen molar-refractivity contribution in [3.8, 4) is 0 Å². The van der Waals surface area contributed by atoms with Crippen molar-refractivity contribution in [2.75, 3.05) is 0 Å². The van der Waals surface area contributed by atoms with Crippen molar-refractivity contribution >= 4 is 22.6 Å². The highest BCUT2D eigenvalue weighted by Crippen LogP contribution is 2.29. The summed E-state index contributed by atoms with van der Waals surface area (Å²) in [5, 5.41) is 1.48. The maximum Gasteiger partial charge on any atom is 0.134 e. The fourth-order valence-corrected chi connectivity index (χ4v) is 2.45. The van der Waals surface area contributed by atoms with Gasteiger partial charge in [-0.2, -0.15) is 0 Å². The van der Waals surface area contributed by atoms with E-state index in [0.29, 0.717) is 5.15 Å². The molecule has 0 aliphatic heterocycles. The van der Waals surface area contributed by atoms with Crippen molar-refractivity contribution in [2.24, 2.45) is 5.84 Å². The van der Waals surface area contributed by atoms with E-state index in [1.807, 2.05) is 31.2 Å². The van der Waals surface area contributed by atoms with Crippen molar-refractivity contribution in [2.45, 2.75) is 13.0 Å². The fraction of sp³-hybridized carbons (Fsp3) is 0.133. The average Bonchev–Trinajstić information content (AvgIpc) is 2.82. The molecule has 4 nitrogen and oxygen atoms in total. The molecule has 3 aromatic rings. The first-order valence-corrected chi connectivity index (χ1v) is 6.63. The Balaban J connectivity index is 2.07. The van der Waals surface area contributed by atoms with E-state index < -0.39 is 0 Å². The van der Waals surface area contributed by atoms with Crippen LogP contribution in [0.5, 0.6) is 0 Å². The number of nitrogens with one attached hydrogen (secondary N) is 1. The van der Waals surface area contributed by atoms with E-state index in [4.69, 9.17) is 21.9 Å². The van der Waals surface area contributed by atoms with E-state index in [-0.39, 0.29) is 6.04 Å². The van der Waals surface area contributed by atoms with Gasteiger partial charge in [0.1, 0.15) is 22.5 Å².